The molecule has 1 N–H and O–H groups in total. The Hall–Kier alpha value is -3.23. The van der Waals surface area contributed by atoms with Crippen LogP contribution in [-0.2, 0) is 6.54 Å². The maximum Gasteiger partial charge on any atom is 0.255 e. The van der Waals surface area contributed by atoms with Crippen molar-refractivity contribution in [3.8, 4) is 5.75 Å². The number of hydrogen-bond acceptors (Lipinski definition) is 5. The third-order valence-electron chi connectivity index (χ3n) is 5.77. The Balaban J connectivity index is 1.40. The smallest absolute Gasteiger partial charge is 0.255 e. The first-order valence-corrected chi connectivity index (χ1v) is 9.90. The molecule has 0 aliphatic carbocycles. The van der Waals surface area contributed by atoms with Crippen LogP contribution in [0, 0.1) is 0 Å². The van der Waals surface area contributed by atoms with Crippen molar-refractivity contribution in [3.05, 3.63) is 47.2 Å². The average molecular weight is 414 g/mol. The van der Waals surface area contributed by atoms with E-state index >= 15 is 0 Å². The normalized spacial score (nSPS) is 19.6. The number of ether oxygens (including phenoxy) is 1. The van der Waals surface area contributed by atoms with Gasteiger partial charge >= 0.3 is 0 Å². The van der Waals surface area contributed by atoms with E-state index in [1.807, 2.05) is 17.0 Å². The molecule has 156 valence electrons. The highest BCUT2D eigenvalue weighted by Crippen LogP contribution is 2.37. The molecule has 7 nitrogen and oxygen atoms in total. The monoisotopic (exact) mass is 414 g/mol. The maximum atomic E-state index is 13.4. The second-order valence-corrected chi connectivity index (χ2v) is 7.72. The molecule has 1 saturated heterocycles. The minimum Gasteiger partial charge on any atom is -0.488 e. The standard InChI is InChI=1S/C21H20F2N4O3/c22-21(23)3-5-26(6-4-21)20(29)14-10-17-18(24-12-14)27(7-8-30-17)15-1-2-16-13(9-15)11-25-19(16)28/h1-2,9-10,12H,3-8,11H2,(H,25,28). The lowest BCUT2D eigenvalue weighted by Crippen LogP contribution is -2.42. The largest absolute Gasteiger partial charge is 0.488 e. The number of nitrogens with one attached hydrogen (secondary N) is 1. The lowest BCUT2D eigenvalue weighted by molar-refractivity contribution is -0.0494. The highest BCUT2D eigenvalue weighted by molar-refractivity contribution is 5.99. The SMILES string of the molecule is O=C1NCc2cc(N3CCOc4cc(C(=O)N5CCC(F)(F)CC5)cnc43)ccc21. The highest BCUT2D eigenvalue weighted by atomic mass is 19.3. The molecular formula is C21H20F2N4O3. The van der Waals surface area contributed by atoms with E-state index in [4.69, 9.17) is 4.74 Å². The van der Waals surface area contributed by atoms with Crippen LogP contribution < -0.4 is 15.0 Å². The molecule has 0 unspecified atom stereocenters. The third-order valence-corrected chi connectivity index (χ3v) is 5.77. The highest BCUT2D eigenvalue weighted by Gasteiger charge is 2.36. The molecule has 3 aliphatic rings. The van der Waals surface area contributed by atoms with Crippen LogP contribution in [0.2, 0.25) is 0 Å². The van der Waals surface area contributed by atoms with E-state index in [0.717, 1.165) is 11.3 Å². The summed E-state index contributed by atoms with van der Waals surface area (Å²) in [7, 11) is 0. The topological polar surface area (TPSA) is 74.8 Å². The summed E-state index contributed by atoms with van der Waals surface area (Å²) in [5, 5.41) is 2.80. The third kappa shape index (κ3) is 3.24. The molecule has 3 aliphatic heterocycles. The van der Waals surface area contributed by atoms with Gasteiger partial charge in [-0.3, -0.25) is 9.59 Å². The zero-order chi connectivity index (χ0) is 20.9. The number of likely N-dealkylation sites (tertiary alicyclic amines) is 1. The molecule has 1 aromatic carbocycles. The van der Waals surface area contributed by atoms with Gasteiger partial charge in [-0.05, 0) is 29.8 Å². The molecule has 0 atom stereocenters. The predicted molar refractivity (Wildman–Crippen MR) is 104 cm³/mol. The second-order valence-electron chi connectivity index (χ2n) is 7.72. The van der Waals surface area contributed by atoms with Crippen molar-refractivity contribution >= 4 is 23.3 Å². The van der Waals surface area contributed by atoms with Crippen LogP contribution in [0.25, 0.3) is 0 Å². The number of amides is 2. The Labute approximate surface area is 171 Å². The van der Waals surface area contributed by atoms with Crippen LogP contribution in [0.4, 0.5) is 20.3 Å². The minimum absolute atomic E-state index is 0.0256. The van der Waals surface area contributed by atoms with Gasteiger partial charge in [0.1, 0.15) is 6.61 Å². The van der Waals surface area contributed by atoms with Crippen molar-refractivity contribution in [1.29, 1.82) is 0 Å². The molecular weight excluding hydrogens is 394 g/mol. The van der Waals surface area contributed by atoms with Crippen molar-refractivity contribution in [3.63, 3.8) is 0 Å². The summed E-state index contributed by atoms with van der Waals surface area (Å²) in [5.41, 5.74) is 2.82. The van der Waals surface area contributed by atoms with E-state index in [-0.39, 0.29) is 37.7 Å². The van der Waals surface area contributed by atoms with Gasteiger partial charge in [0.2, 0.25) is 0 Å². The first kappa shape index (κ1) is 18.8. The van der Waals surface area contributed by atoms with Gasteiger partial charge in [0, 0.05) is 49.9 Å². The molecule has 0 radical (unpaired) electrons. The van der Waals surface area contributed by atoms with Crippen molar-refractivity contribution < 1.29 is 23.1 Å². The molecule has 0 saturated carbocycles. The van der Waals surface area contributed by atoms with Crippen LogP contribution >= 0.6 is 0 Å². The number of hydrogen-bond donors (Lipinski definition) is 1. The average Bonchev–Trinajstić information content (AvgIpc) is 3.12. The Morgan fingerprint density at radius 1 is 1.17 bits per heavy atom. The van der Waals surface area contributed by atoms with Crippen molar-refractivity contribution in [2.24, 2.45) is 0 Å². The molecule has 30 heavy (non-hydrogen) atoms. The Bertz CT molecular complexity index is 1030. The predicted octanol–water partition coefficient (Wildman–Crippen LogP) is 2.73. The number of piperidine rings is 1. The molecule has 2 aromatic rings. The summed E-state index contributed by atoms with van der Waals surface area (Å²) in [5.74, 6) is -2.03. The van der Waals surface area contributed by atoms with Gasteiger partial charge in [0.15, 0.2) is 11.6 Å². The quantitative estimate of drug-likeness (QED) is 0.818. The van der Waals surface area contributed by atoms with Crippen LogP contribution in [0.5, 0.6) is 5.75 Å². The summed E-state index contributed by atoms with van der Waals surface area (Å²) in [4.78, 5) is 32.4. The molecule has 0 spiro atoms. The number of alkyl halides is 2. The van der Waals surface area contributed by atoms with Crippen LogP contribution in [0.15, 0.2) is 30.5 Å². The molecule has 0 bridgehead atoms. The van der Waals surface area contributed by atoms with Crippen LogP contribution in [0.3, 0.4) is 0 Å². The van der Waals surface area contributed by atoms with E-state index in [2.05, 4.69) is 10.3 Å². The Morgan fingerprint density at radius 3 is 2.77 bits per heavy atom. The summed E-state index contributed by atoms with van der Waals surface area (Å²) in [6, 6.07) is 7.25. The summed E-state index contributed by atoms with van der Waals surface area (Å²) in [6.45, 7) is 1.54. The minimum atomic E-state index is -2.70. The number of pyridine rings is 1. The van der Waals surface area contributed by atoms with Crippen LogP contribution in [-0.4, -0.2) is 53.9 Å². The lowest BCUT2D eigenvalue weighted by atomic mass is 10.1. The second kappa shape index (κ2) is 6.93. The van der Waals surface area contributed by atoms with Gasteiger partial charge in [-0.25, -0.2) is 13.8 Å². The number of anilines is 2. The number of benzene rings is 1. The van der Waals surface area contributed by atoms with Gasteiger partial charge in [-0.15, -0.1) is 0 Å². The zero-order valence-electron chi connectivity index (χ0n) is 16.2. The number of nitrogens with zero attached hydrogens (tertiary/aromatic N) is 3. The van der Waals surface area contributed by atoms with E-state index < -0.39 is 5.92 Å². The Kier molecular flexibility index (Phi) is 4.34. The molecule has 1 aromatic heterocycles. The Morgan fingerprint density at radius 2 is 1.97 bits per heavy atom. The van der Waals surface area contributed by atoms with Gasteiger partial charge in [0.05, 0.1) is 12.1 Å². The van der Waals surface area contributed by atoms with Gasteiger partial charge in [-0.1, -0.05) is 0 Å². The molecule has 4 heterocycles. The van der Waals surface area contributed by atoms with Gasteiger partial charge in [0.25, 0.3) is 17.7 Å². The maximum absolute atomic E-state index is 13.4. The van der Waals surface area contributed by atoms with E-state index in [1.54, 1.807) is 12.1 Å². The fourth-order valence-electron chi connectivity index (χ4n) is 4.07. The molecule has 1 fully saturated rings. The molecule has 5 rings (SSSR count). The van der Waals surface area contributed by atoms with Gasteiger partial charge in [-0.2, -0.15) is 0 Å². The fraction of sp³-hybridized carbons (Fsp3) is 0.381. The van der Waals surface area contributed by atoms with E-state index in [1.165, 1.54) is 11.1 Å². The first-order valence-electron chi connectivity index (χ1n) is 9.90. The summed E-state index contributed by atoms with van der Waals surface area (Å²) in [6.07, 6.45) is 0.822. The number of halogens is 2. The number of rotatable bonds is 2. The number of aromatic nitrogens is 1. The van der Waals surface area contributed by atoms with Crippen molar-refractivity contribution in [1.82, 2.24) is 15.2 Å². The van der Waals surface area contributed by atoms with E-state index in [0.29, 0.717) is 42.4 Å². The van der Waals surface area contributed by atoms with Crippen molar-refractivity contribution in [2.45, 2.75) is 25.3 Å². The molecule has 2 amide bonds. The number of carbonyl (C=O) groups is 2. The zero-order valence-corrected chi connectivity index (χ0v) is 16.2. The first-order chi connectivity index (χ1) is 14.4. The van der Waals surface area contributed by atoms with E-state index in [9.17, 15) is 18.4 Å². The summed E-state index contributed by atoms with van der Waals surface area (Å²) >= 11 is 0. The summed E-state index contributed by atoms with van der Waals surface area (Å²) < 4.78 is 32.5. The fourth-order valence-corrected chi connectivity index (χ4v) is 4.07. The number of fused-ring (bicyclic) bond motifs is 2. The number of carbonyl (C=O) groups excluding carboxylic acids is 2. The van der Waals surface area contributed by atoms with Gasteiger partial charge < -0.3 is 19.9 Å². The van der Waals surface area contributed by atoms with Crippen LogP contribution in [0.1, 0.15) is 39.1 Å². The molecule has 9 heteroatoms. The van der Waals surface area contributed by atoms with Crippen molar-refractivity contribution in [2.75, 3.05) is 31.1 Å². The lowest BCUT2D eigenvalue weighted by Gasteiger charge is -2.33.